The zero-order chi connectivity index (χ0) is 58.5. The first-order valence-corrected chi connectivity index (χ1v) is 33.0. The lowest BCUT2D eigenvalue weighted by molar-refractivity contribution is -0.167. The minimum Gasteiger partial charge on any atom is -0.462 e. The van der Waals surface area contributed by atoms with E-state index in [0.717, 1.165) is 173 Å². The predicted molar refractivity (Wildman–Crippen MR) is 352 cm³/mol. The van der Waals surface area contributed by atoms with Gasteiger partial charge in [-0.2, -0.15) is 0 Å². The van der Waals surface area contributed by atoms with Gasteiger partial charge in [0.05, 0.1) is 0 Å². The molecule has 0 aliphatic heterocycles. The molecule has 0 bridgehead atoms. The van der Waals surface area contributed by atoms with Crippen molar-refractivity contribution in [2.24, 2.45) is 0 Å². The van der Waals surface area contributed by atoms with Crippen molar-refractivity contribution in [2.45, 2.75) is 284 Å². The van der Waals surface area contributed by atoms with Gasteiger partial charge in [0.25, 0.3) is 0 Å². The molecule has 0 aromatic heterocycles. The number of unbranched alkanes of at least 4 members (excludes halogenated alkanes) is 21. The molecule has 1 atom stereocenters. The van der Waals surface area contributed by atoms with Crippen molar-refractivity contribution in [3.63, 3.8) is 0 Å². The van der Waals surface area contributed by atoms with Gasteiger partial charge in [0.2, 0.25) is 0 Å². The minimum atomic E-state index is -0.806. The van der Waals surface area contributed by atoms with Crippen LogP contribution in [0, 0.1) is 0 Å². The first kappa shape index (κ1) is 76.0. The zero-order valence-corrected chi connectivity index (χ0v) is 52.2. The number of hydrogen-bond acceptors (Lipinski definition) is 6. The second kappa shape index (κ2) is 67.5. The molecule has 0 saturated heterocycles. The van der Waals surface area contributed by atoms with Gasteiger partial charge in [-0.05, 0) is 148 Å². The van der Waals surface area contributed by atoms with Crippen LogP contribution < -0.4 is 0 Å². The summed E-state index contributed by atoms with van der Waals surface area (Å²) in [5, 5.41) is 0. The topological polar surface area (TPSA) is 78.9 Å². The van der Waals surface area contributed by atoms with Crippen molar-refractivity contribution in [2.75, 3.05) is 13.2 Å². The summed E-state index contributed by atoms with van der Waals surface area (Å²) in [5.41, 5.74) is 0. The fourth-order valence-corrected chi connectivity index (χ4v) is 8.62. The van der Waals surface area contributed by atoms with Crippen molar-refractivity contribution in [3.8, 4) is 0 Å². The molecule has 0 aliphatic carbocycles. The van der Waals surface area contributed by atoms with Gasteiger partial charge in [0, 0.05) is 19.3 Å². The molecule has 81 heavy (non-hydrogen) atoms. The maximum absolute atomic E-state index is 12.9. The molecule has 0 saturated carbocycles. The summed E-state index contributed by atoms with van der Waals surface area (Å²) >= 11 is 0. The van der Waals surface area contributed by atoms with Crippen molar-refractivity contribution < 1.29 is 28.6 Å². The Hall–Kier alpha value is -4.97. The third-order valence-electron chi connectivity index (χ3n) is 13.5. The lowest BCUT2D eigenvalue weighted by Crippen LogP contribution is -2.30. The van der Waals surface area contributed by atoms with Gasteiger partial charge >= 0.3 is 17.9 Å². The number of hydrogen-bond donors (Lipinski definition) is 0. The molecule has 0 amide bonds. The van der Waals surface area contributed by atoms with E-state index in [4.69, 9.17) is 14.2 Å². The molecule has 0 aromatic carbocycles. The molecule has 1 unspecified atom stereocenters. The monoisotopic (exact) mass is 1120 g/mol. The number of esters is 3. The fraction of sp³-hybridized carbons (Fsp3) is 0.613. The fourth-order valence-electron chi connectivity index (χ4n) is 8.62. The Morgan fingerprint density at radius 2 is 0.481 bits per heavy atom. The minimum absolute atomic E-state index is 0.101. The molecule has 456 valence electrons. The summed E-state index contributed by atoms with van der Waals surface area (Å²) in [6, 6.07) is 0. The molecule has 0 heterocycles. The van der Waals surface area contributed by atoms with Crippen LogP contribution in [0.4, 0.5) is 0 Å². The van der Waals surface area contributed by atoms with Gasteiger partial charge in [-0.25, -0.2) is 0 Å². The molecule has 0 spiro atoms. The summed E-state index contributed by atoms with van der Waals surface area (Å²) in [4.78, 5) is 38.4. The predicted octanol–water partition coefficient (Wildman–Crippen LogP) is 22.9. The van der Waals surface area contributed by atoms with Gasteiger partial charge in [0.15, 0.2) is 6.10 Å². The summed E-state index contributed by atoms with van der Waals surface area (Å²) in [5.74, 6) is -0.939. The van der Waals surface area contributed by atoms with Crippen molar-refractivity contribution in [1.82, 2.24) is 0 Å². The number of carbonyl (C=O) groups excluding carboxylic acids is 3. The first-order valence-electron chi connectivity index (χ1n) is 33.0. The van der Waals surface area contributed by atoms with Crippen LogP contribution in [0.1, 0.15) is 278 Å². The maximum Gasteiger partial charge on any atom is 0.306 e. The van der Waals surface area contributed by atoms with Gasteiger partial charge in [-0.3, -0.25) is 14.4 Å². The molecule has 0 aliphatic rings. The van der Waals surface area contributed by atoms with Crippen LogP contribution in [0.25, 0.3) is 0 Å². The Morgan fingerprint density at radius 1 is 0.259 bits per heavy atom. The third-order valence-corrected chi connectivity index (χ3v) is 13.5. The Balaban J connectivity index is 4.42. The van der Waals surface area contributed by atoms with Gasteiger partial charge in [-0.1, -0.05) is 269 Å². The SMILES string of the molecule is CC/C=C\C/C=C\C/C=C\C/C=C\C/C=C\C/C=C\C/C=C\CCCCCCCCCC(=O)OCC(COC(=O)CCCCCCC/C=C\C/C=C\CCCCC)OC(=O)CCCCCCCC/C=C\C/C=C\C/C=C\C/C=C\CC. The van der Waals surface area contributed by atoms with Crippen LogP contribution in [0.15, 0.2) is 158 Å². The van der Waals surface area contributed by atoms with Crippen LogP contribution in [0.2, 0.25) is 0 Å². The highest BCUT2D eigenvalue weighted by Gasteiger charge is 2.19. The Morgan fingerprint density at radius 3 is 0.753 bits per heavy atom. The van der Waals surface area contributed by atoms with Gasteiger partial charge < -0.3 is 14.2 Å². The molecular weight excluding hydrogens is 997 g/mol. The standard InChI is InChI=1S/C75H120O6/c1-4-7-10-13-16-19-22-25-28-30-32-33-34-35-36-37-38-39-40-41-43-44-47-50-53-56-59-62-65-68-74(77)80-71-72(70-79-73(76)67-64-61-58-55-52-49-46-27-24-21-18-15-12-9-6-3)81-75(78)69-66-63-60-57-54-51-48-45-42-31-29-26-23-20-17-14-11-8-5-2/h7-8,10-11,16-21,25-29,32-33,35-36,38-39,41-43,45-46,72H,4-6,9,12-15,22-24,30-31,34,37,40,44,47-71H2,1-3H3/b10-7-,11-8-,19-16-,20-17-,21-18-,28-25-,29-26-,33-32-,36-35-,39-38-,43-41-,45-42-,46-27-. The Bertz CT molecular complexity index is 1810. The van der Waals surface area contributed by atoms with E-state index < -0.39 is 6.10 Å². The average Bonchev–Trinajstić information content (AvgIpc) is 3.47. The summed E-state index contributed by atoms with van der Waals surface area (Å²) in [6.07, 6.45) is 98.1. The summed E-state index contributed by atoms with van der Waals surface area (Å²) in [7, 11) is 0. The van der Waals surface area contributed by atoms with E-state index in [2.05, 4.69) is 179 Å². The number of ether oxygens (including phenoxy) is 3. The molecule has 6 nitrogen and oxygen atoms in total. The van der Waals surface area contributed by atoms with Crippen molar-refractivity contribution in [3.05, 3.63) is 158 Å². The highest BCUT2D eigenvalue weighted by Crippen LogP contribution is 2.14. The van der Waals surface area contributed by atoms with E-state index in [1.165, 1.54) is 64.2 Å². The Kier molecular flexibility index (Phi) is 63.4. The molecule has 0 rings (SSSR count). The molecule has 6 heteroatoms. The number of rotatable bonds is 58. The third kappa shape index (κ3) is 65.7. The van der Waals surface area contributed by atoms with Crippen molar-refractivity contribution in [1.29, 1.82) is 0 Å². The number of carbonyl (C=O) groups is 3. The van der Waals surface area contributed by atoms with Crippen LogP contribution >= 0.6 is 0 Å². The van der Waals surface area contributed by atoms with Crippen LogP contribution in [-0.2, 0) is 28.6 Å². The lowest BCUT2D eigenvalue weighted by atomic mass is 10.1. The van der Waals surface area contributed by atoms with E-state index in [9.17, 15) is 14.4 Å². The van der Waals surface area contributed by atoms with Crippen LogP contribution in [0.3, 0.4) is 0 Å². The zero-order valence-electron chi connectivity index (χ0n) is 52.2. The molecule has 0 aromatic rings. The second-order valence-electron chi connectivity index (χ2n) is 21.3. The quantitative estimate of drug-likeness (QED) is 0.0261. The second-order valence-corrected chi connectivity index (χ2v) is 21.3. The largest absolute Gasteiger partial charge is 0.462 e. The lowest BCUT2D eigenvalue weighted by Gasteiger charge is -2.18. The molecular formula is C75H120O6. The molecule has 0 radical (unpaired) electrons. The normalized spacial score (nSPS) is 13.2. The highest BCUT2D eigenvalue weighted by atomic mass is 16.6. The average molecular weight is 1120 g/mol. The number of allylic oxidation sites excluding steroid dienone is 26. The maximum atomic E-state index is 12.9. The van der Waals surface area contributed by atoms with E-state index in [1.807, 2.05) is 0 Å². The highest BCUT2D eigenvalue weighted by molar-refractivity contribution is 5.71. The van der Waals surface area contributed by atoms with E-state index in [1.54, 1.807) is 0 Å². The van der Waals surface area contributed by atoms with E-state index in [0.29, 0.717) is 19.3 Å². The van der Waals surface area contributed by atoms with Gasteiger partial charge in [-0.15, -0.1) is 0 Å². The molecule has 0 N–H and O–H groups in total. The van der Waals surface area contributed by atoms with Crippen molar-refractivity contribution >= 4 is 17.9 Å². The summed E-state index contributed by atoms with van der Waals surface area (Å²) < 4.78 is 16.9. The van der Waals surface area contributed by atoms with Crippen LogP contribution in [-0.4, -0.2) is 37.2 Å². The summed E-state index contributed by atoms with van der Waals surface area (Å²) in [6.45, 7) is 6.36. The molecule has 0 fully saturated rings. The van der Waals surface area contributed by atoms with Gasteiger partial charge in [0.1, 0.15) is 13.2 Å². The van der Waals surface area contributed by atoms with E-state index in [-0.39, 0.29) is 31.1 Å². The Labute approximate surface area is 499 Å². The first-order chi connectivity index (χ1) is 40.0. The van der Waals surface area contributed by atoms with Crippen LogP contribution in [0.5, 0.6) is 0 Å². The smallest absolute Gasteiger partial charge is 0.306 e. The van der Waals surface area contributed by atoms with E-state index >= 15 is 0 Å².